The van der Waals surface area contributed by atoms with Crippen LogP contribution in [-0.2, 0) is 17.9 Å². The number of hydrogen-bond donors (Lipinski definition) is 3. The van der Waals surface area contributed by atoms with E-state index in [1.807, 2.05) is 35.8 Å². The number of nitrogens with two attached hydrogens (primary N) is 1. The van der Waals surface area contributed by atoms with E-state index in [0.717, 1.165) is 16.4 Å². The van der Waals surface area contributed by atoms with Gasteiger partial charge in [-0.05, 0) is 26.8 Å². The molecule has 3 aromatic rings. The average Bonchev–Trinajstić information content (AvgIpc) is 2.91. The summed E-state index contributed by atoms with van der Waals surface area (Å²) in [5.41, 5.74) is 7.15. The molecule has 0 aliphatic rings. The summed E-state index contributed by atoms with van der Waals surface area (Å²) in [5.74, 6) is 0.797. The Hall–Kier alpha value is -2.87. The lowest BCUT2D eigenvalue weighted by Gasteiger charge is -2.20. The van der Waals surface area contributed by atoms with Gasteiger partial charge in [-0.3, -0.25) is 0 Å². The minimum absolute atomic E-state index is 0.0373. The third-order valence-corrected chi connectivity index (χ3v) is 3.89. The Kier molecular flexibility index (Phi) is 4.69. The molecule has 2 aromatic heterocycles. The van der Waals surface area contributed by atoms with E-state index in [-0.39, 0.29) is 13.2 Å². The fourth-order valence-corrected chi connectivity index (χ4v) is 2.90. The lowest BCUT2D eigenvalue weighted by molar-refractivity contribution is 0.0601. The van der Waals surface area contributed by atoms with E-state index < -0.39 is 11.7 Å². The molecule has 1 amide bonds. The van der Waals surface area contributed by atoms with Gasteiger partial charge in [0.05, 0.1) is 23.2 Å². The number of carbonyl (C=O) groups is 1. The maximum absolute atomic E-state index is 11.7. The van der Waals surface area contributed by atoms with Gasteiger partial charge in [-0.2, -0.15) is 0 Å². The number of amides is 1. The molecular formula is C18H23N5O3. The molecule has 0 bridgehead atoms. The number of imidazole rings is 1. The van der Waals surface area contributed by atoms with E-state index in [1.165, 1.54) is 0 Å². The first-order valence-electron chi connectivity index (χ1n) is 8.46. The zero-order chi connectivity index (χ0) is 18.9. The number of nitrogens with zero attached hydrogens (tertiary/aromatic N) is 3. The van der Waals surface area contributed by atoms with Crippen molar-refractivity contribution in [1.29, 1.82) is 0 Å². The maximum Gasteiger partial charge on any atom is 0.407 e. The van der Waals surface area contributed by atoms with Crippen molar-refractivity contribution in [2.75, 3.05) is 12.3 Å². The maximum atomic E-state index is 11.7. The van der Waals surface area contributed by atoms with E-state index in [9.17, 15) is 9.90 Å². The SMILES string of the molecule is CCNC(=O)OCc1nc2c(N)nc3ccccc3c2n1CC(C)(C)O. The van der Waals surface area contributed by atoms with Crippen LogP contribution in [0, 0.1) is 0 Å². The predicted octanol–water partition coefficient (Wildman–Crippen LogP) is 2.18. The van der Waals surface area contributed by atoms with Gasteiger partial charge in [-0.1, -0.05) is 18.2 Å². The predicted molar refractivity (Wildman–Crippen MR) is 99.6 cm³/mol. The van der Waals surface area contributed by atoms with Gasteiger partial charge in [0.15, 0.2) is 12.4 Å². The van der Waals surface area contributed by atoms with Crippen LogP contribution < -0.4 is 11.1 Å². The van der Waals surface area contributed by atoms with Crippen molar-refractivity contribution in [3.8, 4) is 0 Å². The molecule has 0 radical (unpaired) electrons. The second-order valence-electron chi connectivity index (χ2n) is 6.74. The van der Waals surface area contributed by atoms with Crippen LogP contribution in [-0.4, -0.2) is 37.9 Å². The number of aromatic nitrogens is 3. The van der Waals surface area contributed by atoms with Crippen molar-refractivity contribution in [3.63, 3.8) is 0 Å². The van der Waals surface area contributed by atoms with Gasteiger partial charge in [-0.25, -0.2) is 14.8 Å². The normalized spacial score (nSPS) is 11.8. The van der Waals surface area contributed by atoms with Gasteiger partial charge < -0.3 is 25.5 Å². The summed E-state index contributed by atoms with van der Waals surface area (Å²) in [7, 11) is 0. The molecule has 8 nitrogen and oxygen atoms in total. The molecule has 1 aromatic carbocycles. The second-order valence-corrected chi connectivity index (χ2v) is 6.74. The first-order chi connectivity index (χ1) is 12.3. The molecule has 0 atom stereocenters. The molecular weight excluding hydrogens is 334 g/mol. The van der Waals surface area contributed by atoms with Crippen LogP contribution in [0.25, 0.3) is 21.9 Å². The molecule has 2 heterocycles. The summed E-state index contributed by atoms with van der Waals surface area (Å²) >= 11 is 0. The van der Waals surface area contributed by atoms with Crippen LogP contribution in [0.4, 0.5) is 10.6 Å². The molecule has 0 spiro atoms. The van der Waals surface area contributed by atoms with E-state index in [2.05, 4.69) is 15.3 Å². The molecule has 0 saturated heterocycles. The summed E-state index contributed by atoms with van der Waals surface area (Å²) in [6.07, 6.45) is -0.523. The molecule has 138 valence electrons. The Balaban J connectivity index is 2.17. The van der Waals surface area contributed by atoms with E-state index >= 15 is 0 Å². The molecule has 0 aliphatic carbocycles. The highest BCUT2D eigenvalue weighted by Crippen LogP contribution is 2.30. The lowest BCUT2D eigenvalue weighted by Crippen LogP contribution is -2.28. The van der Waals surface area contributed by atoms with Crippen molar-refractivity contribution in [2.24, 2.45) is 0 Å². The highest BCUT2D eigenvalue weighted by molar-refractivity contribution is 6.06. The van der Waals surface area contributed by atoms with Crippen molar-refractivity contribution >= 4 is 33.8 Å². The van der Waals surface area contributed by atoms with Crippen LogP contribution >= 0.6 is 0 Å². The van der Waals surface area contributed by atoms with Crippen molar-refractivity contribution in [1.82, 2.24) is 19.9 Å². The van der Waals surface area contributed by atoms with E-state index in [0.29, 0.717) is 23.7 Å². The highest BCUT2D eigenvalue weighted by atomic mass is 16.5. The third kappa shape index (κ3) is 3.55. The number of fused-ring (bicyclic) bond motifs is 3. The third-order valence-electron chi connectivity index (χ3n) is 3.89. The molecule has 4 N–H and O–H groups in total. The number of aliphatic hydroxyl groups is 1. The quantitative estimate of drug-likeness (QED) is 0.645. The lowest BCUT2D eigenvalue weighted by atomic mass is 10.1. The summed E-state index contributed by atoms with van der Waals surface area (Å²) in [6.45, 7) is 5.93. The number of carbonyl (C=O) groups excluding carboxylic acids is 1. The fourth-order valence-electron chi connectivity index (χ4n) is 2.90. The Morgan fingerprint density at radius 1 is 1.35 bits per heavy atom. The molecule has 0 fully saturated rings. The van der Waals surface area contributed by atoms with Crippen LogP contribution in [0.3, 0.4) is 0 Å². The summed E-state index contributed by atoms with van der Waals surface area (Å²) in [6, 6.07) is 7.60. The van der Waals surface area contributed by atoms with Gasteiger partial charge >= 0.3 is 6.09 Å². The van der Waals surface area contributed by atoms with E-state index in [1.54, 1.807) is 13.8 Å². The molecule has 0 saturated carbocycles. The number of alkyl carbamates (subject to hydrolysis) is 1. The fraction of sp³-hybridized carbons (Fsp3) is 0.389. The zero-order valence-corrected chi connectivity index (χ0v) is 15.1. The number of nitrogens with one attached hydrogen (secondary N) is 1. The highest BCUT2D eigenvalue weighted by Gasteiger charge is 2.23. The monoisotopic (exact) mass is 357 g/mol. The number of pyridine rings is 1. The van der Waals surface area contributed by atoms with Crippen LogP contribution in [0.1, 0.15) is 26.6 Å². The number of ether oxygens (including phenoxy) is 1. The minimum atomic E-state index is -0.993. The number of hydrogen-bond acceptors (Lipinski definition) is 6. The largest absolute Gasteiger partial charge is 0.441 e. The summed E-state index contributed by atoms with van der Waals surface area (Å²) in [4.78, 5) is 20.6. The van der Waals surface area contributed by atoms with Crippen LogP contribution in [0.2, 0.25) is 0 Å². The van der Waals surface area contributed by atoms with Gasteiger partial charge in [0.1, 0.15) is 11.3 Å². The van der Waals surface area contributed by atoms with Crippen LogP contribution in [0.5, 0.6) is 0 Å². The van der Waals surface area contributed by atoms with Gasteiger partial charge in [0.25, 0.3) is 0 Å². The smallest absolute Gasteiger partial charge is 0.407 e. The summed E-state index contributed by atoms with van der Waals surface area (Å²) < 4.78 is 7.07. The summed E-state index contributed by atoms with van der Waals surface area (Å²) in [5, 5.41) is 13.8. The first-order valence-corrected chi connectivity index (χ1v) is 8.46. The zero-order valence-electron chi connectivity index (χ0n) is 15.1. The van der Waals surface area contributed by atoms with Gasteiger partial charge in [0.2, 0.25) is 0 Å². The molecule has 3 rings (SSSR count). The number of anilines is 1. The van der Waals surface area contributed by atoms with Gasteiger partial charge in [-0.15, -0.1) is 0 Å². The number of rotatable bonds is 5. The number of para-hydroxylation sites is 1. The molecule has 26 heavy (non-hydrogen) atoms. The molecule has 0 unspecified atom stereocenters. The average molecular weight is 357 g/mol. The van der Waals surface area contributed by atoms with Crippen molar-refractivity contribution < 1.29 is 14.6 Å². The van der Waals surface area contributed by atoms with Crippen LogP contribution in [0.15, 0.2) is 24.3 Å². The Morgan fingerprint density at radius 2 is 2.08 bits per heavy atom. The number of benzene rings is 1. The molecule has 0 aliphatic heterocycles. The topological polar surface area (TPSA) is 115 Å². The molecule has 8 heteroatoms. The number of nitrogen functional groups attached to an aromatic ring is 1. The first kappa shape index (κ1) is 17.9. The Bertz CT molecular complexity index is 959. The van der Waals surface area contributed by atoms with Crippen molar-refractivity contribution in [3.05, 3.63) is 30.1 Å². The second kappa shape index (κ2) is 6.80. The standard InChI is InChI=1S/C18H23N5O3/c1-4-20-17(24)26-9-13-22-14-15(23(13)10-18(2,3)25)11-7-5-6-8-12(11)21-16(14)19/h5-8,25H,4,9-10H2,1-3H3,(H2,19,21)(H,20,24). The van der Waals surface area contributed by atoms with Crippen molar-refractivity contribution in [2.45, 2.75) is 39.5 Å². The van der Waals surface area contributed by atoms with Gasteiger partial charge in [0, 0.05) is 11.9 Å². The Morgan fingerprint density at radius 3 is 2.77 bits per heavy atom. The minimum Gasteiger partial charge on any atom is -0.441 e. The Labute approximate surface area is 151 Å². The van der Waals surface area contributed by atoms with E-state index in [4.69, 9.17) is 10.5 Å².